The third-order valence-electron chi connectivity index (χ3n) is 2.19. The van der Waals surface area contributed by atoms with Gasteiger partial charge in [-0.15, -0.1) is 0 Å². The average Bonchev–Trinajstić information content (AvgIpc) is 2.56. The molecule has 1 fully saturated rings. The Balaban J connectivity index is 2.29. The molecule has 1 saturated heterocycles. The molecule has 0 unspecified atom stereocenters. The van der Waals surface area contributed by atoms with Crippen molar-refractivity contribution in [2.45, 2.75) is 12.8 Å². The SMILES string of the molecule is Brc1cnc(N2CCCC2)c(Br)c1. The van der Waals surface area contributed by atoms with E-state index in [-0.39, 0.29) is 0 Å². The number of hydrogen-bond donors (Lipinski definition) is 0. The predicted octanol–water partition coefficient (Wildman–Crippen LogP) is 3.21. The third kappa shape index (κ3) is 2.05. The Bertz CT molecular complexity index is 308. The molecule has 13 heavy (non-hydrogen) atoms. The van der Waals surface area contributed by atoms with Crippen molar-refractivity contribution in [3.05, 3.63) is 21.2 Å². The molecule has 0 spiro atoms. The molecule has 0 saturated carbocycles. The van der Waals surface area contributed by atoms with Crippen molar-refractivity contribution in [2.24, 2.45) is 0 Å². The number of anilines is 1. The van der Waals surface area contributed by atoms with Crippen molar-refractivity contribution in [3.63, 3.8) is 0 Å². The summed E-state index contributed by atoms with van der Waals surface area (Å²) in [6.45, 7) is 2.26. The minimum Gasteiger partial charge on any atom is -0.356 e. The fourth-order valence-corrected chi connectivity index (χ4v) is 2.81. The van der Waals surface area contributed by atoms with Crippen LogP contribution in [0.3, 0.4) is 0 Å². The van der Waals surface area contributed by atoms with Crippen LogP contribution in [0.4, 0.5) is 5.82 Å². The first kappa shape index (κ1) is 9.46. The summed E-state index contributed by atoms with van der Waals surface area (Å²) in [5.74, 6) is 1.07. The van der Waals surface area contributed by atoms with E-state index in [0.29, 0.717) is 0 Å². The van der Waals surface area contributed by atoms with Gasteiger partial charge < -0.3 is 4.90 Å². The van der Waals surface area contributed by atoms with Gasteiger partial charge in [-0.25, -0.2) is 4.98 Å². The van der Waals surface area contributed by atoms with Gasteiger partial charge in [0, 0.05) is 23.8 Å². The molecule has 1 aromatic rings. The summed E-state index contributed by atoms with van der Waals surface area (Å²) in [7, 11) is 0. The van der Waals surface area contributed by atoms with Crippen molar-refractivity contribution in [1.29, 1.82) is 0 Å². The molecule has 0 bridgehead atoms. The van der Waals surface area contributed by atoms with E-state index in [4.69, 9.17) is 0 Å². The number of hydrogen-bond acceptors (Lipinski definition) is 2. The van der Waals surface area contributed by atoms with Crippen LogP contribution < -0.4 is 4.90 Å². The minimum absolute atomic E-state index is 1.02. The lowest BCUT2D eigenvalue weighted by Crippen LogP contribution is -2.19. The molecule has 0 aliphatic carbocycles. The molecule has 0 amide bonds. The zero-order chi connectivity index (χ0) is 9.26. The van der Waals surface area contributed by atoms with Gasteiger partial charge in [-0.05, 0) is 50.8 Å². The van der Waals surface area contributed by atoms with Gasteiger partial charge in [-0.2, -0.15) is 0 Å². The molecule has 0 N–H and O–H groups in total. The number of halogens is 2. The first-order valence-electron chi connectivity index (χ1n) is 4.33. The summed E-state index contributed by atoms with van der Waals surface area (Å²) < 4.78 is 2.09. The first-order valence-corrected chi connectivity index (χ1v) is 5.92. The highest BCUT2D eigenvalue weighted by atomic mass is 79.9. The van der Waals surface area contributed by atoms with Crippen molar-refractivity contribution in [2.75, 3.05) is 18.0 Å². The van der Waals surface area contributed by atoms with Crippen LogP contribution in [0.2, 0.25) is 0 Å². The maximum Gasteiger partial charge on any atom is 0.142 e. The predicted molar refractivity (Wildman–Crippen MR) is 61.1 cm³/mol. The highest BCUT2D eigenvalue weighted by Crippen LogP contribution is 2.28. The Morgan fingerprint density at radius 1 is 1.23 bits per heavy atom. The van der Waals surface area contributed by atoms with Crippen molar-refractivity contribution in [1.82, 2.24) is 4.98 Å². The maximum atomic E-state index is 4.39. The zero-order valence-electron chi connectivity index (χ0n) is 7.13. The van der Waals surface area contributed by atoms with Gasteiger partial charge in [0.1, 0.15) is 5.82 Å². The van der Waals surface area contributed by atoms with Crippen LogP contribution in [0, 0.1) is 0 Å². The lowest BCUT2D eigenvalue weighted by molar-refractivity contribution is 0.931. The fraction of sp³-hybridized carbons (Fsp3) is 0.444. The Morgan fingerprint density at radius 2 is 1.92 bits per heavy atom. The lowest BCUT2D eigenvalue weighted by atomic mass is 10.4. The zero-order valence-corrected chi connectivity index (χ0v) is 10.3. The van der Waals surface area contributed by atoms with E-state index in [0.717, 1.165) is 27.9 Å². The summed E-state index contributed by atoms with van der Waals surface area (Å²) >= 11 is 6.92. The Hall–Kier alpha value is -0.0900. The highest BCUT2D eigenvalue weighted by molar-refractivity contribution is 9.11. The molecule has 0 aromatic carbocycles. The van der Waals surface area contributed by atoms with Gasteiger partial charge in [0.05, 0.1) is 4.47 Å². The normalized spacial score (nSPS) is 16.6. The molecule has 1 aliphatic heterocycles. The topological polar surface area (TPSA) is 16.1 Å². The molecule has 1 aromatic heterocycles. The van der Waals surface area contributed by atoms with E-state index in [1.54, 1.807) is 0 Å². The first-order chi connectivity index (χ1) is 6.27. The monoisotopic (exact) mass is 304 g/mol. The van der Waals surface area contributed by atoms with Gasteiger partial charge in [-0.3, -0.25) is 0 Å². The summed E-state index contributed by atoms with van der Waals surface area (Å²) in [5.41, 5.74) is 0. The molecule has 2 nitrogen and oxygen atoms in total. The maximum absolute atomic E-state index is 4.39. The van der Waals surface area contributed by atoms with Gasteiger partial charge in [0.2, 0.25) is 0 Å². The Morgan fingerprint density at radius 3 is 2.54 bits per heavy atom. The fourth-order valence-electron chi connectivity index (χ4n) is 1.57. The van der Waals surface area contributed by atoms with Crippen molar-refractivity contribution >= 4 is 37.7 Å². The standard InChI is InChI=1S/C9H10Br2N2/c10-7-5-8(11)9(12-6-7)13-3-1-2-4-13/h5-6H,1-4H2. The van der Waals surface area contributed by atoms with Crippen LogP contribution >= 0.6 is 31.9 Å². The van der Waals surface area contributed by atoms with E-state index in [1.165, 1.54) is 12.8 Å². The van der Waals surface area contributed by atoms with Crippen LogP contribution in [0.1, 0.15) is 12.8 Å². The summed E-state index contributed by atoms with van der Waals surface area (Å²) in [6, 6.07) is 2.04. The second-order valence-electron chi connectivity index (χ2n) is 3.15. The van der Waals surface area contributed by atoms with Crippen LogP contribution in [-0.4, -0.2) is 18.1 Å². The number of rotatable bonds is 1. The van der Waals surface area contributed by atoms with E-state index in [1.807, 2.05) is 12.3 Å². The van der Waals surface area contributed by atoms with Gasteiger partial charge in [0.15, 0.2) is 0 Å². The van der Waals surface area contributed by atoms with Crippen LogP contribution in [-0.2, 0) is 0 Å². The quantitative estimate of drug-likeness (QED) is 0.792. The second-order valence-corrected chi connectivity index (χ2v) is 4.92. The molecular formula is C9H10Br2N2. The second kappa shape index (κ2) is 3.96. The molecule has 4 heteroatoms. The van der Waals surface area contributed by atoms with Gasteiger partial charge in [-0.1, -0.05) is 0 Å². The minimum atomic E-state index is 1.02. The van der Waals surface area contributed by atoms with E-state index in [9.17, 15) is 0 Å². The number of nitrogens with zero attached hydrogens (tertiary/aromatic N) is 2. The summed E-state index contributed by atoms with van der Waals surface area (Å²) in [4.78, 5) is 6.71. The van der Waals surface area contributed by atoms with Crippen LogP contribution in [0.5, 0.6) is 0 Å². The van der Waals surface area contributed by atoms with E-state index in [2.05, 4.69) is 41.7 Å². The number of pyridine rings is 1. The van der Waals surface area contributed by atoms with Gasteiger partial charge >= 0.3 is 0 Å². The largest absolute Gasteiger partial charge is 0.356 e. The molecule has 2 heterocycles. The molecule has 70 valence electrons. The summed E-state index contributed by atoms with van der Waals surface area (Å²) in [6.07, 6.45) is 4.41. The third-order valence-corrected chi connectivity index (χ3v) is 3.21. The van der Waals surface area contributed by atoms with Gasteiger partial charge in [0.25, 0.3) is 0 Å². The van der Waals surface area contributed by atoms with Crippen molar-refractivity contribution in [3.8, 4) is 0 Å². The molecule has 0 radical (unpaired) electrons. The molecular weight excluding hydrogens is 296 g/mol. The molecule has 0 atom stereocenters. The van der Waals surface area contributed by atoms with Crippen molar-refractivity contribution < 1.29 is 0 Å². The van der Waals surface area contributed by atoms with E-state index >= 15 is 0 Å². The summed E-state index contributed by atoms with van der Waals surface area (Å²) in [5, 5.41) is 0. The van der Waals surface area contributed by atoms with Crippen LogP contribution in [0.25, 0.3) is 0 Å². The lowest BCUT2D eigenvalue weighted by Gasteiger charge is -2.17. The van der Waals surface area contributed by atoms with Crippen LogP contribution in [0.15, 0.2) is 21.2 Å². The average molecular weight is 306 g/mol. The van der Waals surface area contributed by atoms with E-state index < -0.39 is 0 Å². The molecule has 1 aliphatic rings. The highest BCUT2D eigenvalue weighted by Gasteiger charge is 2.15. The Kier molecular flexibility index (Phi) is 2.89. The Labute approximate surface area is 94.6 Å². The smallest absolute Gasteiger partial charge is 0.142 e. The number of aromatic nitrogens is 1. The molecule has 2 rings (SSSR count).